The average Bonchev–Trinajstić information content (AvgIpc) is 2.49. The number of hydrogen-bond acceptors (Lipinski definition) is 3. The van der Waals surface area contributed by atoms with E-state index in [1.54, 1.807) is 36.0 Å². The molecule has 0 fully saturated rings. The minimum absolute atomic E-state index is 0.523. The molecule has 4 heteroatoms. The molecule has 1 atom stereocenters. The van der Waals surface area contributed by atoms with Crippen LogP contribution < -0.4 is 0 Å². The first kappa shape index (κ1) is 7.24. The van der Waals surface area contributed by atoms with Crippen LogP contribution in [0, 0.1) is 0 Å². The van der Waals surface area contributed by atoms with Gasteiger partial charge in [-0.3, -0.25) is 0 Å². The highest BCUT2D eigenvalue weighted by atomic mass is 16.3. The van der Waals surface area contributed by atoms with E-state index < -0.39 is 6.10 Å². The summed E-state index contributed by atoms with van der Waals surface area (Å²) in [6, 6.07) is 3.55. The van der Waals surface area contributed by atoms with E-state index in [9.17, 15) is 5.11 Å². The lowest BCUT2D eigenvalue weighted by Crippen LogP contribution is -1.98. The lowest BCUT2D eigenvalue weighted by atomic mass is 10.3. The van der Waals surface area contributed by atoms with Gasteiger partial charge in [0.15, 0.2) is 5.65 Å². The van der Waals surface area contributed by atoms with Crippen molar-refractivity contribution in [3.8, 4) is 0 Å². The van der Waals surface area contributed by atoms with Gasteiger partial charge in [-0.2, -0.15) is 5.10 Å². The molecule has 2 aromatic rings. The number of aliphatic hydroxyl groups excluding tert-OH is 1. The molecule has 0 radical (unpaired) electrons. The standard InChI is InChI=1S/C8H9N3O/c1-6(12)7-3-5-11-8(10-7)2-4-9-11/h2-6,12H,1H3. The summed E-state index contributed by atoms with van der Waals surface area (Å²) < 4.78 is 1.66. The Hall–Kier alpha value is -1.42. The number of fused-ring (bicyclic) bond motifs is 1. The van der Waals surface area contributed by atoms with Crippen molar-refractivity contribution < 1.29 is 5.11 Å². The van der Waals surface area contributed by atoms with Gasteiger partial charge in [-0.1, -0.05) is 0 Å². The summed E-state index contributed by atoms with van der Waals surface area (Å²) in [5.41, 5.74) is 1.43. The average molecular weight is 163 g/mol. The summed E-state index contributed by atoms with van der Waals surface area (Å²) in [4.78, 5) is 4.19. The summed E-state index contributed by atoms with van der Waals surface area (Å²) in [5, 5.41) is 13.2. The molecular formula is C8H9N3O. The highest BCUT2D eigenvalue weighted by Gasteiger charge is 2.02. The first-order valence-electron chi connectivity index (χ1n) is 3.76. The molecule has 0 aliphatic carbocycles. The van der Waals surface area contributed by atoms with E-state index in [4.69, 9.17) is 0 Å². The van der Waals surface area contributed by atoms with Gasteiger partial charge >= 0.3 is 0 Å². The van der Waals surface area contributed by atoms with Crippen LogP contribution in [-0.4, -0.2) is 19.7 Å². The number of aliphatic hydroxyl groups is 1. The number of hydrogen-bond donors (Lipinski definition) is 1. The molecule has 0 spiro atoms. The van der Waals surface area contributed by atoms with E-state index in [-0.39, 0.29) is 0 Å². The molecule has 12 heavy (non-hydrogen) atoms. The minimum Gasteiger partial charge on any atom is -0.387 e. The minimum atomic E-state index is -0.523. The second kappa shape index (κ2) is 2.57. The van der Waals surface area contributed by atoms with Crippen LogP contribution in [0.25, 0.3) is 5.65 Å². The van der Waals surface area contributed by atoms with E-state index in [2.05, 4.69) is 10.1 Å². The Morgan fingerprint density at radius 2 is 2.33 bits per heavy atom. The zero-order valence-corrected chi connectivity index (χ0v) is 6.68. The third kappa shape index (κ3) is 1.06. The Kier molecular flexibility index (Phi) is 1.55. The summed E-state index contributed by atoms with van der Waals surface area (Å²) >= 11 is 0. The zero-order valence-electron chi connectivity index (χ0n) is 6.68. The fraction of sp³-hybridized carbons (Fsp3) is 0.250. The SMILES string of the molecule is CC(O)c1ccn2nccc2n1. The van der Waals surface area contributed by atoms with Crippen molar-refractivity contribution in [3.05, 3.63) is 30.2 Å². The molecule has 0 bridgehead atoms. The maximum Gasteiger partial charge on any atom is 0.155 e. The zero-order chi connectivity index (χ0) is 8.55. The van der Waals surface area contributed by atoms with Crippen molar-refractivity contribution in [2.24, 2.45) is 0 Å². The van der Waals surface area contributed by atoms with E-state index in [1.807, 2.05) is 0 Å². The van der Waals surface area contributed by atoms with E-state index in [0.717, 1.165) is 5.65 Å². The Morgan fingerprint density at radius 3 is 3.08 bits per heavy atom. The molecule has 2 rings (SSSR count). The van der Waals surface area contributed by atoms with Crippen LogP contribution in [0.2, 0.25) is 0 Å². The third-order valence-corrected chi connectivity index (χ3v) is 1.71. The molecular weight excluding hydrogens is 154 g/mol. The van der Waals surface area contributed by atoms with E-state index in [0.29, 0.717) is 5.69 Å². The summed E-state index contributed by atoms with van der Waals surface area (Å²) in [6.45, 7) is 1.69. The Labute approximate surface area is 69.5 Å². The van der Waals surface area contributed by atoms with Crippen molar-refractivity contribution in [2.45, 2.75) is 13.0 Å². The van der Waals surface area contributed by atoms with Crippen LogP contribution in [0.15, 0.2) is 24.5 Å². The monoisotopic (exact) mass is 163 g/mol. The Morgan fingerprint density at radius 1 is 1.50 bits per heavy atom. The lowest BCUT2D eigenvalue weighted by molar-refractivity contribution is 0.194. The summed E-state index contributed by atoms with van der Waals surface area (Å²) in [5.74, 6) is 0. The Bertz CT molecular complexity index is 394. The van der Waals surface area contributed by atoms with Gasteiger partial charge in [-0.15, -0.1) is 0 Å². The second-order valence-electron chi connectivity index (χ2n) is 2.66. The highest BCUT2D eigenvalue weighted by Crippen LogP contribution is 2.09. The maximum atomic E-state index is 9.23. The molecule has 0 saturated heterocycles. The third-order valence-electron chi connectivity index (χ3n) is 1.71. The molecule has 0 saturated carbocycles. The molecule has 4 nitrogen and oxygen atoms in total. The van der Waals surface area contributed by atoms with Crippen molar-refractivity contribution in [2.75, 3.05) is 0 Å². The van der Waals surface area contributed by atoms with Gasteiger partial charge in [0.25, 0.3) is 0 Å². The predicted molar refractivity (Wildman–Crippen MR) is 43.6 cm³/mol. The Balaban J connectivity index is 2.60. The van der Waals surface area contributed by atoms with Crippen molar-refractivity contribution in [1.82, 2.24) is 14.6 Å². The summed E-state index contributed by atoms with van der Waals surface area (Å²) in [6.07, 6.45) is 2.93. The van der Waals surface area contributed by atoms with Crippen molar-refractivity contribution >= 4 is 5.65 Å². The van der Waals surface area contributed by atoms with Gasteiger partial charge in [0.1, 0.15) is 0 Å². The number of aromatic nitrogens is 3. The molecule has 1 N–H and O–H groups in total. The summed E-state index contributed by atoms with van der Waals surface area (Å²) in [7, 11) is 0. The molecule has 0 aromatic carbocycles. The lowest BCUT2D eigenvalue weighted by Gasteiger charge is -2.02. The van der Waals surface area contributed by atoms with Gasteiger partial charge < -0.3 is 5.11 Å². The van der Waals surface area contributed by atoms with Crippen molar-refractivity contribution in [1.29, 1.82) is 0 Å². The normalized spacial score (nSPS) is 13.5. The second-order valence-corrected chi connectivity index (χ2v) is 2.66. The van der Waals surface area contributed by atoms with Gasteiger partial charge in [0.05, 0.1) is 18.0 Å². The molecule has 0 amide bonds. The molecule has 62 valence electrons. The molecule has 0 aliphatic rings. The van der Waals surface area contributed by atoms with Gasteiger partial charge in [0, 0.05) is 12.3 Å². The highest BCUT2D eigenvalue weighted by molar-refractivity contribution is 5.36. The van der Waals surface area contributed by atoms with Crippen molar-refractivity contribution in [3.63, 3.8) is 0 Å². The fourth-order valence-electron chi connectivity index (χ4n) is 1.06. The fourth-order valence-corrected chi connectivity index (χ4v) is 1.06. The molecule has 2 heterocycles. The van der Waals surface area contributed by atoms with Gasteiger partial charge in [0.2, 0.25) is 0 Å². The predicted octanol–water partition coefficient (Wildman–Crippen LogP) is 0.783. The topological polar surface area (TPSA) is 50.4 Å². The van der Waals surface area contributed by atoms with Crippen LogP contribution in [0.5, 0.6) is 0 Å². The quantitative estimate of drug-likeness (QED) is 0.676. The van der Waals surface area contributed by atoms with E-state index in [1.165, 1.54) is 0 Å². The van der Waals surface area contributed by atoms with Crippen LogP contribution >= 0.6 is 0 Å². The van der Waals surface area contributed by atoms with E-state index >= 15 is 0 Å². The maximum absolute atomic E-state index is 9.23. The first-order chi connectivity index (χ1) is 5.77. The molecule has 2 aromatic heterocycles. The molecule has 0 aliphatic heterocycles. The van der Waals surface area contributed by atoms with Gasteiger partial charge in [-0.05, 0) is 13.0 Å². The molecule has 1 unspecified atom stereocenters. The van der Waals surface area contributed by atoms with Crippen LogP contribution in [-0.2, 0) is 0 Å². The number of rotatable bonds is 1. The smallest absolute Gasteiger partial charge is 0.155 e. The van der Waals surface area contributed by atoms with Gasteiger partial charge in [-0.25, -0.2) is 9.50 Å². The van der Waals surface area contributed by atoms with Crippen LogP contribution in [0.4, 0.5) is 0 Å². The number of nitrogens with zero attached hydrogens (tertiary/aromatic N) is 3. The largest absolute Gasteiger partial charge is 0.387 e. The first-order valence-corrected chi connectivity index (χ1v) is 3.76. The van der Waals surface area contributed by atoms with Crippen LogP contribution in [0.3, 0.4) is 0 Å². The van der Waals surface area contributed by atoms with Crippen LogP contribution in [0.1, 0.15) is 18.7 Å².